The zero-order valence-electron chi connectivity index (χ0n) is 9.86. The normalized spacial score (nSPS) is 10.7. The monoisotopic (exact) mass is 329 g/mol. The molecule has 18 heavy (non-hydrogen) atoms. The zero-order valence-corrected chi connectivity index (χ0v) is 12.3. The lowest BCUT2D eigenvalue weighted by atomic mass is 10.2. The van der Waals surface area contributed by atoms with E-state index in [0.717, 1.165) is 9.35 Å². The fourth-order valence-corrected chi connectivity index (χ4v) is 2.95. The van der Waals surface area contributed by atoms with E-state index in [-0.39, 0.29) is 12.4 Å². The van der Waals surface area contributed by atoms with Crippen LogP contribution < -0.4 is 4.90 Å². The van der Waals surface area contributed by atoms with Crippen LogP contribution in [0, 0.1) is 5.82 Å². The van der Waals surface area contributed by atoms with Crippen LogP contribution in [0.15, 0.2) is 33.4 Å². The van der Waals surface area contributed by atoms with Gasteiger partial charge in [-0.05, 0) is 50.6 Å². The molecule has 5 heteroatoms. The minimum absolute atomic E-state index is 0.140. The summed E-state index contributed by atoms with van der Waals surface area (Å²) in [6, 6.07) is 6.83. The zero-order chi connectivity index (χ0) is 13.1. The first-order chi connectivity index (χ1) is 8.60. The van der Waals surface area contributed by atoms with E-state index in [0.29, 0.717) is 17.8 Å². The molecule has 0 amide bonds. The molecule has 1 aromatic heterocycles. The van der Waals surface area contributed by atoms with Crippen molar-refractivity contribution in [3.8, 4) is 0 Å². The van der Waals surface area contributed by atoms with Gasteiger partial charge in [-0.3, -0.25) is 0 Å². The second-order valence-corrected chi connectivity index (χ2v) is 6.35. The number of hydrogen-bond acceptors (Lipinski definition) is 3. The first kappa shape index (κ1) is 13.5. The van der Waals surface area contributed by atoms with Gasteiger partial charge in [0.15, 0.2) is 0 Å². The summed E-state index contributed by atoms with van der Waals surface area (Å²) in [5.74, 6) is -0.307. The van der Waals surface area contributed by atoms with Crippen molar-refractivity contribution >= 4 is 33.0 Å². The molecule has 0 saturated carbocycles. The van der Waals surface area contributed by atoms with E-state index in [2.05, 4.69) is 15.9 Å². The summed E-state index contributed by atoms with van der Waals surface area (Å²) in [6.07, 6.45) is 0. The molecule has 0 bridgehead atoms. The van der Waals surface area contributed by atoms with Crippen LogP contribution in [0.3, 0.4) is 0 Å². The summed E-state index contributed by atoms with van der Waals surface area (Å²) in [6.45, 7) is 0.510. The predicted molar refractivity (Wildman–Crippen MR) is 76.4 cm³/mol. The minimum atomic E-state index is -0.307. The van der Waals surface area contributed by atoms with Gasteiger partial charge in [-0.1, -0.05) is 6.07 Å². The van der Waals surface area contributed by atoms with Crippen LogP contribution in [0.25, 0.3) is 0 Å². The molecule has 1 aromatic carbocycles. The molecule has 0 aliphatic carbocycles. The summed E-state index contributed by atoms with van der Waals surface area (Å²) in [5.41, 5.74) is 2.26. The maximum Gasteiger partial charge on any atom is 0.146 e. The highest BCUT2D eigenvalue weighted by atomic mass is 79.9. The Kier molecular flexibility index (Phi) is 4.37. The number of hydrogen-bond donors (Lipinski definition) is 1. The van der Waals surface area contributed by atoms with Crippen LogP contribution >= 0.6 is 27.3 Å². The van der Waals surface area contributed by atoms with Gasteiger partial charge in [-0.15, -0.1) is 11.3 Å². The number of aliphatic hydroxyl groups is 1. The topological polar surface area (TPSA) is 23.5 Å². The Morgan fingerprint density at radius 3 is 2.67 bits per heavy atom. The number of nitrogens with zero attached hydrogens (tertiary/aromatic N) is 1. The number of anilines is 1. The van der Waals surface area contributed by atoms with Crippen LogP contribution in [-0.4, -0.2) is 12.2 Å². The summed E-state index contributed by atoms with van der Waals surface area (Å²) in [4.78, 5) is 1.85. The highest BCUT2D eigenvalue weighted by Gasteiger charge is 2.09. The Balaban J connectivity index is 2.15. The Hall–Kier alpha value is -0.910. The minimum Gasteiger partial charge on any atom is -0.392 e. The second kappa shape index (κ2) is 5.82. The van der Waals surface area contributed by atoms with Crippen molar-refractivity contribution in [2.45, 2.75) is 13.2 Å². The lowest BCUT2D eigenvalue weighted by Gasteiger charge is -2.19. The largest absolute Gasteiger partial charge is 0.392 e. The molecule has 0 aliphatic heterocycles. The van der Waals surface area contributed by atoms with E-state index < -0.39 is 0 Å². The van der Waals surface area contributed by atoms with Gasteiger partial charge >= 0.3 is 0 Å². The third kappa shape index (κ3) is 3.10. The van der Waals surface area contributed by atoms with Crippen LogP contribution in [0.5, 0.6) is 0 Å². The lowest BCUT2D eigenvalue weighted by Crippen LogP contribution is -2.17. The molecule has 1 N–H and O–H groups in total. The van der Waals surface area contributed by atoms with E-state index >= 15 is 0 Å². The van der Waals surface area contributed by atoms with Gasteiger partial charge in [-0.2, -0.15) is 0 Å². The number of rotatable bonds is 4. The van der Waals surface area contributed by atoms with Crippen molar-refractivity contribution < 1.29 is 9.50 Å². The van der Waals surface area contributed by atoms with E-state index in [1.165, 1.54) is 6.07 Å². The van der Waals surface area contributed by atoms with Gasteiger partial charge in [0.25, 0.3) is 0 Å². The van der Waals surface area contributed by atoms with Gasteiger partial charge in [0.05, 0.1) is 16.1 Å². The fourth-order valence-electron chi connectivity index (χ4n) is 1.75. The third-order valence-electron chi connectivity index (χ3n) is 2.65. The van der Waals surface area contributed by atoms with Crippen molar-refractivity contribution in [3.63, 3.8) is 0 Å². The molecule has 0 spiro atoms. The molecule has 2 nitrogen and oxygen atoms in total. The number of thiophene rings is 1. The SMILES string of the molecule is CN(Cc1csc(Br)c1)c1ccc(CO)cc1F. The Morgan fingerprint density at radius 2 is 2.11 bits per heavy atom. The van der Waals surface area contributed by atoms with E-state index in [1.807, 2.05) is 23.4 Å². The van der Waals surface area contributed by atoms with Crippen LogP contribution in [-0.2, 0) is 13.2 Å². The average molecular weight is 330 g/mol. The first-order valence-corrected chi connectivity index (χ1v) is 7.10. The van der Waals surface area contributed by atoms with Gasteiger partial charge in [-0.25, -0.2) is 4.39 Å². The molecule has 2 rings (SSSR count). The Morgan fingerprint density at radius 1 is 1.33 bits per heavy atom. The molecule has 0 atom stereocenters. The summed E-state index contributed by atoms with van der Waals surface area (Å²) >= 11 is 5.02. The molecule has 0 aliphatic rings. The van der Waals surface area contributed by atoms with Crippen molar-refractivity contribution in [1.29, 1.82) is 0 Å². The molecule has 96 valence electrons. The van der Waals surface area contributed by atoms with Crippen molar-refractivity contribution in [3.05, 3.63) is 50.4 Å². The molecule has 2 aromatic rings. The molecular weight excluding hydrogens is 317 g/mol. The highest BCUT2D eigenvalue weighted by molar-refractivity contribution is 9.11. The maximum absolute atomic E-state index is 13.8. The van der Waals surface area contributed by atoms with E-state index in [4.69, 9.17) is 5.11 Å². The fraction of sp³-hybridized carbons (Fsp3) is 0.231. The molecule has 0 saturated heterocycles. The third-order valence-corrected chi connectivity index (χ3v) is 4.20. The summed E-state index contributed by atoms with van der Waals surface area (Å²) in [7, 11) is 1.85. The quantitative estimate of drug-likeness (QED) is 0.922. The van der Waals surface area contributed by atoms with E-state index in [9.17, 15) is 4.39 Å². The number of halogens is 2. The maximum atomic E-state index is 13.8. The molecule has 1 heterocycles. The van der Waals surface area contributed by atoms with E-state index in [1.54, 1.807) is 23.5 Å². The predicted octanol–water partition coefficient (Wildman–Crippen LogP) is 3.78. The smallest absolute Gasteiger partial charge is 0.146 e. The standard InChI is InChI=1S/C13H13BrFNOS/c1-16(6-10-5-13(14)18-8-10)12-3-2-9(7-17)4-11(12)15/h2-5,8,17H,6-7H2,1H3. The lowest BCUT2D eigenvalue weighted by molar-refractivity contribution is 0.281. The van der Waals surface area contributed by atoms with Crippen LogP contribution in [0.2, 0.25) is 0 Å². The average Bonchev–Trinajstić information content (AvgIpc) is 2.74. The van der Waals surface area contributed by atoms with Gasteiger partial charge in [0.1, 0.15) is 5.82 Å². The van der Waals surface area contributed by atoms with Crippen molar-refractivity contribution in [1.82, 2.24) is 0 Å². The molecule has 0 unspecified atom stereocenters. The molecule has 0 fully saturated rings. The second-order valence-electron chi connectivity index (χ2n) is 4.06. The van der Waals surface area contributed by atoms with Gasteiger partial charge < -0.3 is 10.0 Å². The molecule has 0 radical (unpaired) electrons. The van der Waals surface area contributed by atoms with Crippen molar-refractivity contribution in [2.75, 3.05) is 11.9 Å². The highest BCUT2D eigenvalue weighted by Crippen LogP contribution is 2.25. The Bertz CT molecular complexity index is 544. The first-order valence-electron chi connectivity index (χ1n) is 5.43. The molecular formula is C13H13BrFNOS. The van der Waals surface area contributed by atoms with Crippen LogP contribution in [0.1, 0.15) is 11.1 Å². The van der Waals surface area contributed by atoms with Gasteiger partial charge in [0.2, 0.25) is 0 Å². The number of benzene rings is 1. The van der Waals surface area contributed by atoms with Crippen LogP contribution in [0.4, 0.5) is 10.1 Å². The number of aliphatic hydroxyl groups excluding tert-OH is 1. The van der Waals surface area contributed by atoms with Gasteiger partial charge in [0, 0.05) is 13.6 Å². The Labute approximate surface area is 118 Å². The summed E-state index contributed by atoms with van der Waals surface area (Å²) < 4.78 is 14.9. The van der Waals surface area contributed by atoms with Crippen molar-refractivity contribution in [2.24, 2.45) is 0 Å². The summed E-state index contributed by atoms with van der Waals surface area (Å²) in [5, 5.41) is 11.0.